The van der Waals surface area contributed by atoms with E-state index in [1.54, 1.807) is 6.07 Å². The van der Waals surface area contributed by atoms with E-state index in [1.807, 2.05) is 6.92 Å². The van der Waals surface area contributed by atoms with Crippen molar-refractivity contribution in [3.8, 4) is 5.75 Å². The molecule has 0 amide bonds. The SMILES string of the molecule is CCCCCCCCOP(=O)(CCCC)Oc1cccc([N+](=O)[O-])c1. The van der Waals surface area contributed by atoms with Crippen molar-refractivity contribution in [2.45, 2.75) is 65.2 Å². The summed E-state index contributed by atoms with van der Waals surface area (Å²) in [6, 6.07) is 5.75. The number of unbranched alkanes of at least 4 members (excludes halogenated alkanes) is 6. The molecule has 1 atom stereocenters. The highest BCUT2D eigenvalue weighted by Crippen LogP contribution is 2.49. The number of nitro groups is 1. The molecule has 0 fully saturated rings. The van der Waals surface area contributed by atoms with E-state index in [0.29, 0.717) is 12.8 Å². The minimum absolute atomic E-state index is 0.0875. The molecular weight excluding hydrogens is 341 g/mol. The standard InChI is InChI=1S/C18H30NO5P/c1-3-5-7-8-9-10-14-23-25(22,15-6-4-2)24-18-13-11-12-17(16-18)19(20)21/h11-13,16H,3-10,14-15H2,1-2H3. The van der Waals surface area contributed by atoms with Gasteiger partial charge in [-0.3, -0.25) is 14.6 Å². The molecule has 0 heterocycles. The number of rotatable bonds is 14. The summed E-state index contributed by atoms with van der Waals surface area (Å²) in [7, 11) is -3.29. The summed E-state index contributed by atoms with van der Waals surface area (Å²) in [6.07, 6.45) is 8.64. The zero-order valence-corrected chi connectivity index (χ0v) is 16.2. The smallest absolute Gasteiger partial charge is 0.379 e. The second-order valence-corrected chi connectivity index (χ2v) is 8.24. The molecule has 7 heteroatoms. The molecule has 0 aliphatic heterocycles. The molecule has 142 valence electrons. The van der Waals surface area contributed by atoms with Gasteiger partial charge in [-0.05, 0) is 18.9 Å². The zero-order valence-electron chi connectivity index (χ0n) is 15.3. The fourth-order valence-corrected chi connectivity index (χ4v) is 4.21. The fourth-order valence-electron chi connectivity index (χ4n) is 2.39. The average Bonchev–Trinajstić information content (AvgIpc) is 2.59. The first-order chi connectivity index (χ1) is 12.0. The lowest BCUT2D eigenvalue weighted by molar-refractivity contribution is -0.384. The molecule has 0 radical (unpaired) electrons. The van der Waals surface area contributed by atoms with Gasteiger partial charge >= 0.3 is 7.60 Å². The Kier molecular flexibility index (Phi) is 10.4. The van der Waals surface area contributed by atoms with Crippen molar-refractivity contribution in [2.75, 3.05) is 12.8 Å². The number of benzene rings is 1. The molecule has 1 aromatic rings. The highest BCUT2D eigenvalue weighted by Gasteiger charge is 2.26. The van der Waals surface area contributed by atoms with Crippen LogP contribution in [0.1, 0.15) is 65.2 Å². The zero-order chi connectivity index (χ0) is 18.5. The van der Waals surface area contributed by atoms with Gasteiger partial charge in [-0.25, -0.2) is 4.57 Å². The lowest BCUT2D eigenvalue weighted by Gasteiger charge is -2.19. The number of non-ortho nitro benzene ring substituents is 1. The predicted molar refractivity (Wildman–Crippen MR) is 100 cm³/mol. The number of nitrogens with zero attached hydrogens (tertiary/aromatic N) is 1. The summed E-state index contributed by atoms with van der Waals surface area (Å²) in [5, 5.41) is 10.9. The molecule has 0 N–H and O–H groups in total. The Balaban J connectivity index is 2.57. The summed E-state index contributed by atoms with van der Waals surface area (Å²) in [5.41, 5.74) is -0.0875. The van der Waals surface area contributed by atoms with Crippen LogP contribution in [0.25, 0.3) is 0 Å². The van der Waals surface area contributed by atoms with Gasteiger partial charge in [0.2, 0.25) is 0 Å². The number of hydrogen-bond donors (Lipinski definition) is 0. The third kappa shape index (κ3) is 9.03. The number of hydrogen-bond acceptors (Lipinski definition) is 5. The monoisotopic (exact) mass is 371 g/mol. The summed E-state index contributed by atoms with van der Waals surface area (Å²) in [6.45, 7) is 4.58. The van der Waals surface area contributed by atoms with Crippen molar-refractivity contribution in [1.29, 1.82) is 0 Å². The molecule has 0 saturated carbocycles. The first-order valence-electron chi connectivity index (χ1n) is 9.18. The Morgan fingerprint density at radius 3 is 2.40 bits per heavy atom. The van der Waals surface area contributed by atoms with Gasteiger partial charge in [-0.2, -0.15) is 0 Å². The van der Waals surface area contributed by atoms with E-state index in [1.165, 1.54) is 37.5 Å². The van der Waals surface area contributed by atoms with Gasteiger partial charge < -0.3 is 4.52 Å². The molecule has 0 spiro atoms. The van der Waals surface area contributed by atoms with Crippen molar-refractivity contribution < 1.29 is 18.5 Å². The summed E-state index contributed by atoms with van der Waals surface area (Å²) in [5.74, 6) is 0.219. The van der Waals surface area contributed by atoms with Gasteiger partial charge in [-0.15, -0.1) is 0 Å². The predicted octanol–water partition coefficient (Wildman–Crippen LogP) is 6.34. The van der Waals surface area contributed by atoms with E-state index in [2.05, 4.69) is 6.92 Å². The summed E-state index contributed by atoms with van der Waals surface area (Å²) < 4.78 is 24.1. The van der Waals surface area contributed by atoms with Crippen LogP contribution in [0.3, 0.4) is 0 Å². The molecule has 1 rings (SSSR count). The molecule has 1 aromatic carbocycles. The van der Waals surface area contributed by atoms with Crippen LogP contribution >= 0.6 is 7.60 Å². The van der Waals surface area contributed by atoms with E-state index in [0.717, 1.165) is 32.1 Å². The minimum atomic E-state index is -3.29. The molecule has 0 aromatic heterocycles. The van der Waals surface area contributed by atoms with Crippen LogP contribution in [0.5, 0.6) is 5.75 Å². The largest absolute Gasteiger partial charge is 0.424 e. The van der Waals surface area contributed by atoms with Crippen molar-refractivity contribution >= 4 is 13.3 Å². The van der Waals surface area contributed by atoms with E-state index < -0.39 is 12.5 Å². The maximum atomic E-state index is 12.9. The quantitative estimate of drug-likeness (QED) is 0.165. The van der Waals surface area contributed by atoms with Crippen molar-refractivity contribution in [3.63, 3.8) is 0 Å². The fraction of sp³-hybridized carbons (Fsp3) is 0.667. The van der Waals surface area contributed by atoms with Crippen LogP contribution in [0, 0.1) is 10.1 Å². The minimum Gasteiger partial charge on any atom is -0.424 e. The van der Waals surface area contributed by atoms with Crippen LogP contribution < -0.4 is 4.52 Å². The van der Waals surface area contributed by atoms with Crippen molar-refractivity contribution in [3.05, 3.63) is 34.4 Å². The first kappa shape index (κ1) is 21.7. The van der Waals surface area contributed by atoms with Gasteiger partial charge in [0.15, 0.2) is 0 Å². The van der Waals surface area contributed by atoms with Crippen molar-refractivity contribution in [2.24, 2.45) is 0 Å². The Morgan fingerprint density at radius 2 is 1.72 bits per heavy atom. The second-order valence-electron chi connectivity index (χ2n) is 6.13. The van der Waals surface area contributed by atoms with E-state index in [4.69, 9.17) is 9.05 Å². The average molecular weight is 371 g/mol. The van der Waals surface area contributed by atoms with E-state index >= 15 is 0 Å². The summed E-state index contributed by atoms with van der Waals surface area (Å²) >= 11 is 0. The van der Waals surface area contributed by atoms with Gasteiger partial charge in [0, 0.05) is 6.07 Å². The Labute approximate surface area is 150 Å². The molecule has 1 unspecified atom stereocenters. The number of nitro benzene ring substituents is 1. The highest BCUT2D eigenvalue weighted by molar-refractivity contribution is 7.54. The van der Waals surface area contributed by atoms with Crippen LogP contribution in [0.15, 0.2) is 24.3 Å². The Morgan fingerprint density at radius 1 is 1.04 bits per heavy atom. The maximum Gasteiger partial charge on any atom is 0.379 e. The Hall–Kier alpha value is -1.39. The van der Waals surface area contributed by atoms with Crippen LogP contribution in [-0.2, 0) is 9.09 Å². The molecule has 0 aliphatic carbocycles. The Bertz CT molecular complexity index is 564. The molecule has 6 nitrogen and oxygen atoms in total. The third-order valence-electron chi connectivity index (χ3n) is 3.84. The topological polar surface area (TPSA) is 78.7 Å². The second kappa shape index (κ2) is 12.0. The van der Waals surface area contributed by atoms with Gasteiger partial charge in [0.1, 0.15) is 5.75 Å². The van der Waals surface area contributed by atoms with Gasteiger partial charge in [-0.1, -0.05) is 58.4 Å². The van der Waals surface area contributed by atoms with Gasteiger partial charge in [0.25, 0.3) is 5.69 Å². The lowest BCUT2D eigenvalue weighted by atomic mass is 10.1. The highest BCUT2D eigenvalue weighted by atomic mass is 31.2. The van der Waals surface area contributed by atoms with E-state index in [9.17, 15) is 14.7 Å². The lowest BCUT2D eigenvalue weighted by Crippen LogP contribution is -2.04. The molecule has 0 saturated heterocycles. The van der Waals surface area contributed by atoms with E-state index in [-0.39, 0.29) is 11.4 Å². The first-order valence-corrected chi connectivity index (χ1v) is 10.9. The van der Waals surface area contributed by atoms with Crippen LogP contribution in [0.4, 0.5) is 5.69 Å². The molecular formula is C18H30NO5P. The normalized spacial score (nSPS) is 13.4. The molecule has 0 aliphatic rings. The molecule has 0 bridgehead atoms. The van der Waals surface area contributed by atoms with Crippen LogP contribution in [-0.4, -0.2) is 17.7 Å². The van der Waals surface area contributed by atoms with Crippen LogP contribution in [0.2, 0.25) is 0 Å². The van der Waals surface area contributed by atoms with Crippen molar-refractivity contribution in [1.82, 2.24) is 0 Å². The third-order valence-corrected chi connectivity index (χ3v) is 5.77. The maximum absolute atomic E-state index is 12.9. The van der Waals surface area contributed by atoms with Gasteiger partial charge in [0.05, 0.1) is 23.8 Å². The molecule has 25 heavy (non-hydrogen) atoms. The summed E-state index contributed by atoms with van der Waals surface area (Å²) in [4.78, 5) is 10.4.